The van der Waals surface area contributed by atoms with E-state index in [0.29, 0.717) is 24.7 Å². The molecule has 4 heteroatoms. The highest BCUT2D eigenvalue weighted by Gasteiger charge is 2.22. The topological polar surface area (TPSA) is 15.3 Å². The Morgan fingerprint density at radius 2 is 1.97 bits per heavy atom. The van der Waals surface area contributed by atoms with E-state index in [-0.39, 0.29) is 1.43 Å². The van der Waals surface area contributed by atoms with Gasteiger partial charge >= 0.3 is 0 Å². The van der Waals surface area contributed by atoms with Crippen molar-refractivity contribution in [1.82, 2.24) is 4.90 Å². The number of nitrogens with zero attached hydrogens (tertiary/aromatic N) is 1. The highest BCUT2D eigenvalue weighted by molar-refractivity contribution is 8.06. The zero-order chi connectivity index (χ0) is 24.0. The van der Waals surface area contributed by atoms with Crippen LogP contribution < -0.4 is 5.32 Å². The Hall–Kier alpha value is -1.78. The molecule has 2 aliphatic rings. The standard InChI is InChI=1S/C29H41FN2S.H2/c1-7-9-24(8-2)22(5)33-23(6)29-18-26-17-28(11-10-25(26)16-20(29)3)31-21(4)19-32-14-12-27(30)13-15-32;/h10-11,17-18,20,24,27,31H,4-9,12-16,19H2,1-3H3;1H. The molecule has 0 saturated carbocycles. The molecular weight excluding hydrogens is 427 g/mol. The molecule has 1 heterocycles. The molecule has 1 saturated heterocycles. The number of thioether (sulfide) groups is 1. The number of piperidine rings is 1. The summed E-state index contributed by atoms with van der Waals surface area (Å²) in [5.41, 5.74) is 5.97. The van der Waals surface area contributed by atoms with Gasteiger partial charge in [-0.2, -0.15) is 0 Å². The summed E-state index contributed by atoms with van der Waals surface area (Å²) in [6, 6.07) is 6.59. The second-order valence-electron chi connectivity index (χ2n) is 9.68. The van der Waals surface area contributed by atoms with Crippen LogP contribution >= 0.6 is 11.8 Å². The van der Waals surface area contributed by atoms with E-state index in [0.717, 1.165) is 48.8 Å². The second kappa shape index (κ2) is 12.1. The third kappa shape index (κ3) is 7.10. The number of nitrogens with one attached hydrogen (secondary N) is 1. The van der Waals surface area contributed by atoms with Gasteiger partial charge in [-0.15, -0.1) is 0 Å². The molecule has 1 aromatic carbocycles. The first-order valence-corrected chi connectivity index (χ1v) is 13.3. The Morgan fingerprint density at radius 1 is 1.24 bits per heavy atom. The number of anilines is 1. The minimum atomic E-state index is -0.643. The zero-order valence-corrected chi connectivity index (χ0v) is 21.6. The monoisotopic (exact) mass is 470 g/mol. The number of allylic oxidation sites excluding steroid dienone is 2. The van der Waals surface area contributed by atoms with Gasteiger partial charge in [-0.25, -0.2) is 4.39 Å². The first-order valence-electron chi connectivity index (χ1n) is 12.5. The average Bonchev–Trinajstić information content (AvgIpc) is 2.78. The maximum absolute atomic E-state index is 13.4. The SMILES string of the molecule is C=C(CN1CCC(F)CC1)Nc1ccc2c(c1)C=C(C(=C)SC(=C)C(CC)CCC)C(C)C2.[HH]. The molecular formula is C29H43FN2S. The van der Waals surface area contributed by atoms with Gasteiger partial charge in [0.15, 0.2) is 0 Å². The third-order valence-electron chi connectivity index (χ3n) is 6.93. The molecule has 0 amide bonds. The molecule has 1 aliphatic carbocycles. The highest BCUT2D eigenvalue weighted by Crippen LogP contribution is 2.42. The van der Waals surface area contributed by atoms with Crippen LogP contribution in [0.4, 0.5) is 10.1 Å². The summed E-state index contributed by atoms with van der Waals surface area (Å²) in [4.78, 5) is 4.65. The van der Waals surface area contributed by atoms with Crippen LogP contribution in [0.25, 0.3) is 6.08 Å². The molecule has 1 N–H and O–H groups in total. The van der Waals surface area contributed by atoms with Crippen molar-refractivity contribution >= 4 is 23.5 Å². The van der Waals surface area contributed by atoms with Crippen molar-refractivity contribution in [3.63, 3.8) is 0 Å². The lowest BCUT2D eigenvalue weighted by Gasteiger charge is -2.29. The summed E-state index contributed by atoms with van der Waals surface area (Å²) >= 11 is 1.77. The number of alkyl halides is 1. The number of rotatable bonds is 11. The number of hydrogen-bond donors (Lipinski definition) is 1. The smallest absolute Gasteiger partial charge is 0.103 e. The van der Waals surface area contributed by atoms with Crippen LogP contribution in [0.3, 0.4) is 0 Å². The number of likely N-dealkylation sites (tertiary alicyclic amines) is 1. The number of hydrogen-bond acceptors (Lipinski definition) is 3. The van der Waals surface area contributed by atoms with Crippen molar-refractivity contribution < 1.29 is 5.82 Å². The van der Waals surface area contributed by atoms with Crippen molar-refractivity contribution in [2.45, 2.75) is 65.5 Å². The molecule has 33 heavy (non-hydrogen) atoms. The molecule has 1 aromatic rings. The Balaban J connectivity index is 0.00000408. The quantitative estimate of drug-likeness (QED) is 0.349. The summed E-state index contributed by atoms with van der Waals surface area (Å²) in [6.07, 6.45) is 7.47. The number of benzene rings is 1. The molecule has 2 atom stereocenters. The van der Waals surface area contributed by atoms with Gasteiger partial charge in [-0.05, 0) is 77.7 Å². The lowest BCUT2D eigenvalue weighted by atomic mass is 9.84. The van der Waals surface area contributed by atoms with Crippen molar-refractivity contribution in [2.24, 2.45) is 11.8 Å². The van der Waals surface area contributed by atoms with E-state index in [1.165, 1.54) is 34.4 Å². The van der Waals surface area contributed by atoms with Gasteiger partial charge in [0.1, 0.15) is 6.17 Å². The van der Waals surface area contributed by atoms with Crippen LogP contribution in [0.1, 0.15) is 65.4 Å². The maximum atomic E-state index is 13.4. The summed E-state index contributed by atoms with van der Waals surface area (Å²) < 4.78 is 13.4. The van der Waals surface area contributed by atoms with Crippen LogP contribution in [-0.4, -0.2) is 30.7 Å². The van der Waals surface area contributed by atoms with Gasteiger partial charge in [-0.3, -0.25) is 4.90 Å². The van der Waals surface area contributed by atoms with Crippen LogP contribution in [0.2, 0.25) is 0 Å². The minimum absolute atomic E-state index is 0. The normalized spacial score (nSPS) is 20.0. The number of halogens is 1. The predicted molar refractivity (Wildman–Crippen MR) is 147 cm³/mol. The fourth-order valence-electron chi connectivity index (χ4n) is 4.91. The van der Waals surface area contributed by atoms with Crippen molar-refractivity contribution in [1.29, 1.82) is 0 Å². The molecule has 1 fully saturated rings. The van der Waals surface area contributed by atoms with Gasteiger partial charge in [0.25, 0.3) is 0 Å². The summed E-state index contributed by atoms with van der Waals surface area (Å²) in [5.74, 6) is 1.00. The maximum Gasteiger partial charge on any atom is 0.103 e. The van der Waals surface area contributed by atoms with Crippen LogP contribution in [0.5, 0.6) is 0 Å². The Morgan fingerprint density at radius 3 is 2.64 bits per heavy atom. The van der Waals surface area contributed by atoms with Gasteiger partial charge in [0.2, 0.25) is 0 Å². The van der Waals surface area contributed by atoms with Crippen LogP contribution in [0, 0.1) is 11.8 Å². The Bertz CT molecular complexity index is 901. The van der Waals surface area contributed by atoms with E-state index in [9.17, 15) is 4.39 Å². The molecule has 3 rings (SSSR count). The highest BCUT2D eigenvalue weighted by atomic mass is 32.2. The Labute approximate surface area is 206 Å². The average molecular weight is 471 g/mol. The molecule has 182 valence electrons. The molecule has 2 nitrogen and oxygen atoms in total. The van der Waals surface area contributed by atoms with Crippen molar-refractivity contribution in [2.75, 3.05) is 25.0 Å². The lowest BCUT2D eigenvalue weighted by Crippen LogP contribution is -2.36. The van der Waals surface area contributed by atoms with Crippen LogP contribution in [0.15, 0.2) is 59.0 Å². The van der Waals surface area contributed by atoms with Gasteiger partial charge in [0, 0.05) is 37.4 Å². The van der Waals surface area contributed by atoms with Crippen molar-refractivity contribution in [3.05, 3.63) is 70.1 Å². The Kier molecular flexibility index (Phi) is 9.46. The molecule has 0 radical (unpaired) electrons. The first kappa shape index (κ1) is 25.8. The fraction of sp³-hybridized carbons (Fsp3) is 0.517. The summed E-state index contributed by atoms with van der Waals surface area (Å²) in [5, 5.41) is 3.47. The van der Waals surface area contributed by atoms with Gasteiger partial charge in [0.05, 0.1) is 0 Å². The summed E-state index contributed by atoms with van der Waals surface area (Å²) in [7, 11) is 0. The minimum Gasteiger partial charge on any atom is -0.358 e. The zero-order valence-electron chi connectivity index (χ0n) is 20.8. The van der Waals surface area contributed by atoms with E-state index < -0.39 is 6.17 Å². The largest absolute Gasteiger partial charge is 0.358 e. The molecule has 0 spiro atoms. The van der Waals surface area contributed by atoms with Crippen LogP contribution in [-0.2, 0) is 6.42 Å². The van der Waals surface area contributed by atoms with Crippen molar-refractivity contribution in [3.8, 4) is 0 Å². The van der Waals surface area contributed by atoms with E-state index in [2.05, 4.69) is 75.0 Å². The van der Waals surface area contributed by atoms with E-state index in [1.807, 2.05) is 0 Å². The second-order valence-corrected chi connectivity index (χ2v) is 10.9. The summed E-state index contributed by atoms with van der Waals surface area (Å²) in [6.45, 7) is 22.2. The van der Waals surface area contributed by atoms with E-state index in [1.54, 1.807) is 11.8 Å². The van der Waals surface area contributed by atoms with Gasteiger partial charge < -0.3 is 5.32 Å². The van der Waals surface area contributed by atoms with E-state index >= 15 is 0 Å². The number of fused-ring (bicyclic) bond motifs is 1. The van der Waals surface area contributed by atoms with E-state index in [4.69, 9.17) is 0 Å². The molecule has 0 aromatic heterocycles. The lowest BCUT2D eigenvalue weighted by molar-refractivity contribution is 0.160. The molecule has 0 bridgehead atoms. The fourth-order valence-corrected chi connectivity index (χ4v) is 6.06. The van der Waals surface area contributed by atoms with Gasteiger partial charge in [-0.1, -0.05) is 70.8 Å². The molecule has 2 unspecified atom stereocenters. The predicted octanol–water partition coefficient (Wildman–Crippen LogP) is 8.45. The first-order chi connectivity index (χ1) is 15.8. The molecule has 1 aliphatic heterocycles. The third-order valence-corrected chi connectivity index (χ3v) is 8.01.